The molecule has 0 fully saturated rings. The maximum absolute atomic E-state index is 10.6. The Labute approximate surface area is 138 Å². The largest absolute Gasteiger partial charge is 0.295 e. The van der Waals surface area contributed by atoms with Gasteiger partial charge in [0, 0.05) is 36.5 Å². The molecule has 3 rings (SSSR count). The van der Waals surface area contributed by atoms with Crippen molar-refractivity contribution in [2.45, 2.75) is 32.9 Å². The Hall–Kier alpha value is -2.12. The molecular formula is C16H18N4O2S. The van der Waals surface area contributed by atoms with Gasteiger partial charge in [0.2, 0.25) is 0 Å². The number of fused-ring (bicyclic) bond motifs is 1. The smallest absolute Gasteiger partial charge is 0.287 e. The number of hydrogen-bond donors (Lipinski definition) is 0. The van der Waals surface area contributed by atoms with Gasteiger partial charge in [-0.2, -0.15) is 0 Å². The second-order valence-corrected chi connectivity index (χ2v) is 6.88. The van der Waals surface area contributed by atoms with E-state index in [9.17, 15) is 10.1 Å². The van der Waals surface area contributed by atoms with E-state index in [1.54, 1.807) is 17.4 Å². The van der Waals surface area contributed by atoms with Crippen molar-refractivity contribution in [3.63, 3.8) is 0 Å². The molecule has 0 unspecified atom stereocenters. The number of nitro groups is 1. The van der Waals surface area contributed by atoms with Gasteiger partial charge in [0.1, 0.15) is 11.2 Å². The molecule has 0 bridgehead atoms. The predicted molar refractivity (Wildman–Crippen MR) is 91.2 cm³/mol. The summed E-state index contributed by atoms with van der Waals surface area (Å²) in [5.41, 5.74) is 1.89. The summed E-state index contributed by atoms with van der Waals surface area (Å²) >= 11 is 1.71. The molecule has 0 aromatic carbocycles. The molecule has 0 atom stereocenters. The maximum Gasteiger partial charge on any atom is 0.287 e. The molecule has 2 aromatic rings. The first kappa shape index (κ1) is 15.8. The molecule has 6 nitrogen and oxygen atoms in total. The molecule has 0 saturated heterocycles. The Balaban J connectivity index is 1.72. The van der Waals surface area contributed by atoms with Gasteiger partial charge in [-0.1, -0.05) is 0 Å². The van der Waals surface area contributed by atoms with Crippen LogP contribution in [0, 0.1) is 10.1 Å². The zero-order valence-electron chi connectivity index (χ0n) is 13.1. The standard InChI is InChI=1S/C16H18N4O2S/c1-11(2)19-8-7-14-15(10-19)23-16(18-14)6-4-12-3-5-13(9-17-12)20(21)22/h3-6,9,11H,7-8,10H2,1-2H3. The SMILES string of the molecule is CC(C)N1CCc2nc(C=Cc3ccc([N+](=O)[O-])cn3)sc2C1. The minimum atomic E-state index is -0.449. The lowest BCUT2D eigenvalue weighted by Gasteiger charge is -2.29. The highest BCUT2D eigenvalue weighted by Gasteiger charge is 2.21. The first-order valence-corrected chi connectivity index (χ1v) is 8.36. The van der Waals surface area contributed by atoms with Crippen LogP contribution in [0.25, 0.3) is 12.2 Å². The van der Waals surface area contributed by atoms with Crippen molar-refractivity contribution in [3.05, 3.63) is 49.7 Å². The van der Waals surface area contributed by atoms with Crippen LogP contribution in [-0.2, 0) is 13.0 Å². The topological polar surface area (TPSA) is 72.2 Å². The van der Waals surface area contributed by atoms with Crippen molar-refractivity contribution in [2.75, 3.05) is 6.54 Å². The molecule has 0 saturated carbocycles. The molecule has 0 aliphatic carbocycles. The van der Waals surface area contributed by atoms with Crippen LogP contribution in [0.1, 0.15) is 35.1 Å². The van der Waals surface area contributed by atoms with Crippen molar-refractivity contribution < 1.29 is 4.92 Å². The van der Waals surface area contributed by atoms with Crippen LogP contribution in [0.2, 0.25) is 0 Å². The van der Waals surface area contributed by atoms with Gasteiger partial charge in [-0.15, -0.1) is 11.3 Å². The third-order valence-corrected chi connectivity index (χ3v) is 4.93. The zero-order valence-corrected chi connectivity index (χ0v) is 13.9. The van der Waals surface area contributed by atoms with Gasteiger partial charge >= 0.3 is 0 Å². The minimum Gasteiger partial charge on any atom is -0.295 e. The van der Waals surface area contributed by atoms with Crippen molar-refractivity contribution in [2.24, 2.45) is 0 Å². The van der Waals surface area contributed by atoms with Gasteiger partial charge < -0.3 is 0 Å². The average molecular weight is 330 g/mol. The molecule has 0 amide bonds. The number of aromatic nitrogens is 2. The van der Waals surface area contributed by atoms with Crippen molar-refractivity contribution in [1.29, 1.82) is 0 Å². The third kappa shape index (κ3) is 3.62. The molecule has 23 heavy (non-hydrogen) atoms. The summed E-state index contributed by atoms with van der Waals surface area (Å²) in [6, 6.07) is 3.65. The Morgan fingerprint density at radius 1 is 1.39 bits per heavy atom. The van der Waals surface area contributed by atoms with Crippen molar-refractivity contribution in [1.82, 2.24) is 14.9 Å². The summed E-state index contributed by atoms with van der Waals surface area (Å²) < 4.78 is 0. The van der Waals surface area contributed by atoms with E-state index < -0.39 is 4.92 Å². The van der Waals surface area contributed by atoms with E-state index in [-0.39, 0.29) is 5.69 Å². The summed E-state index contributed by atoms with van der Waals surface area (Å²) in [5.74, 6) is 0. The minimum absolute atomic E-state index is 0.000592. The Morgan fingerprint density at radius 3 is 2.87 bits per heavy atom. The summed E-state index contributed by atoms with van der Waals surface area (Å²) in [5, 5.41) is 11.6. The van der Waals surface area contributed by atoms with Crippen LogP contribution in [-0.4, -0.2) is 32.4 Å². The van der Waals surface area contributed by atoms with Gasteiger partial charge in [-0.05, 0) is 32.1 Å². The maximum atomic E-state index is 10.6. The Kier molecular flexibility index (Phi) is 4.49. The molecular weight excluding hydrogens is 312 g/mol. The molecule has 1 aliphatic rings. The van der Waals surface area contributed by atoms with E-state index in [1.165, 1.54) is 22.8 Å². The van der Waals surface area contributed by atoms with Crippen LogP contribution in [0.4, 0.5) is 5.69 Å². The van der Waals surface area contributed by atoms with E-state index >= 15 is 0 Å². The number of nitrogens with zero attached hydrogens (tertiary/aromatic N) is 4. The average Bonchev–Trinajstić information content (AvgIpc) is 2.95. The lowest BCUT2D eigenvalue weighted by Crippen LogP contribution is -2.35. The second kappa shape index (κ2) is 6.55. The number of pyridine rings is 1. The molecule has 0 radical (unpaired) electrons. The van der Waals surface area contributed by atoms with Crippen LogP contribution in [0.3, 0.4) is 0 Å². The molecule has 1 aliphatic heterocycles. The van der Waals surface area contributed by atoms with Crippen LogP contribution in [0.15, 0.2) is 18.3 Å². The lowest BCUT2D eigenvalue weighted by molar-refractivity contribution is -0.385. The number of thiazole rings is 1. The highest BCUT2D eigenvalue weighted by atomic mass is 32.1. The fourth-order valence-electron chi connectivity index (χ4n) is 2.51. The van der Waals surface area contributed by atoms with Crippen LogP contribution in [0.5, 0.6) is 0 Å². The lowest BCUT2D eigenvalue weighted by atomic mass is 10.1. The van der Waals surface area contributed by atoms with E-state index in [0.717, 1.165) is 24.5 Å². The molecule has 0 spiro atoms. The first-order valence-electron chi connectivity index (χ1n) is 7.54. The summed E-state index contributed by atoms with van der Waals surface area (Å²) in [6.45, 7) is 6.45. The van der Waals surface area contributed by atoms with Gasteiger partial charge in [0.15, 0.2) is 0 Å². The molecule has 120 valence electrons. The quantitative estimate of drug-likeness (QED) is 0.635. The summed E-state index contributed by atoms with van der Waals surface area (Å²) in [7, 11) is 0. The van der Waals surface area contributed by atoms with Gasteiger partial charge in [0.05, 0.1) is 16.3 Å². The van der Waals surface area contributed by atoms with E-state index in [4.69, 9.17) is 0 Å². The highest BCUT2D eigenvalue weighted by Crippen LogP contribution is 2.27. The molecule has 7 heteroatoms. The van der Waals surface area contributed by atoms with E-state index in [0.29, 0.717) is 11.7 Å². The third-order valence-electron chi connectivity index (χ3n) is 3.89. The fraction of sp³-hybridized carbons (Fsp3) is 0.375. The molecule has 3 heterocycles. The van der Waals surface area contributed by atoms with Gasteiger partial charge in [-0.25, -0.2) is 9.97 Å². The van der Waals surface area contributed by atoms with Gasteiger partial charge in [0.25, 0.3) is 5.69 Å². The predicted octanol–water partition coefficient (Wildman–Crippen LogP) is 3.38. The zero-order chi connectivity index (χ0) is 16.4. The fourth-order valence-corrected chi connectivity index (χ4v) is 3.55. The highest BCUT2D eigenvalue weighted by molar-refractivity contribution is 7.12. The first-order chi connectivity index (χ1) is 11.0. The van der Waals surface area contributed by atoms with Crippen LogP contribution < -0.4 is 0 Å². The van der Waals surface area contributed by atoms with E-state index in [1.807, 2.05) is 12.2 Å². The monoisotopic (exact) mass is 330 g/mol. The Bertz CT molecular complexity index is 737. The van der Waals surface area contributed by atoms with Crippen molar-refractivity contribution in [3.8, 4) is 0 Å². The second-order valence-electron chi connectivity index (χ2n) is 5.77. The van der Waals surface area contributed by atoms with Crippen LogP contribution >= 0.6 is 11.3 Å². The molecule has 2 aromatic heterocycles. The van der Waals surface area contributed by atoms with Crippen molar-refractivity contribution >= 4 is 29.2 Å². The summed E-state index contributed by atoms with van der Waals surface area (Å²) in [4.78, 5) is 22.7. The summed E-state index contributed by atoms with van der Waals surface area (Å²) in [6.07, 6.45) is 6.03. The van der Waals surface area contributed by atoms with E-state index in [2.05, 4.69) is 28.7 Å². The number of hydrogen-bond acceptors (Lipinski definition) is 6. The Morgan fingerprint density at radius 2 is 2.22 bits per heavy atom. The normalized spacial score (nSPS) is 15.3. The molecule has 0 N–H and O–H groups in total. The van der Waals surface area contributed by atoms with Gasteiger partial charge in [-0.3, -0.25) is 15.0 Å². The number of rotatable bonds is 4.